The molecule has 0 heterocycles. The average molecular weight is 295 g/mol. The van der Waals surface area contributed by atoms with Crippen molar-refractivity contribution in [1.82, 2.24) is 5.32 Å². The van der Waals surface area contributed by atoms with E-state index in [0.29, 0.717) is 12.5 Å². The molecule has 5 heteroatoms. The van der Waals surface area contributed by atoms with Crippen LogP contribution >= 0.6 is 0 Å². The maximum Gasteiger partial charge on any atom is 0.407 e. The molecular weight excluding hydrogens is 270 g/mol. The molecule has 21 heavy (non-hydrogen) atoms. The number of carboxylic acid groups (broad SMARTS) is 1. The maximum absolute atomic E-state index is 11.8. The molecule has 3 atom stereocenters. The number of hydrogen-bond acceptors (Lipinski definition) is 3. The van der Waals surface area contributed by atoms with E-state index < -0.39 is 23.1 Å². The van der Waals surface area contributed by atoms with E-state index >= 15 is 0 Å². The van der Waals surface area contributed by atoms with Gasteiger partial charge < -0.3 is 15.2 Å². The highest BCUT2D eigenvalue weighted by Gasteiger charge is 2.62. The van der Waals surface area contributed by atoms with E-state index in [1.807, 2.05) is 0 Å². The van der Waals surface area contributed by atoms with Gasteiger partial charge in [-0.2, -0.15) is 0 Å². The van der Waals surface area contributed by atoms with Crippen LogP contribution < -0.4 is 5.32 Å². The van der Waals surface area contributed by atoms with Gasteiger partial charge >= 0.3 is 12.1 Å². The van der Waals surface area contributed by atoms with E-state index in [1.165, 1.54) is 0 Å². The number of carboxylic acids is 1. The van der Waals surface area contributed by atoms with Gasteiger partial charge in [-0.15, -0.1) is 0 Å². The number of hydrogen-bond donors (Lipinski definition) is 2. The number of carbonyl (C=O) groups is 2. The molecule has 1 fully saturated rings. The fourth-order valence-corrected chi connectivity index (χ4v) is 3.76. The Bertz CT molecular complexity index is 479. The van der Waals surface area contributed by atoms with Gasteiger partial charge in [0.1, 0.15) is 5.60 Å². The third kappa shape index (κ3) is 2.92. The van der Waals surface area contributed by atoms with Crippen molar-refractivity contribution in [3.8, 4) is 0 Å². The Labute approximate surface area is 125 Å². The van der Waals surface area contributed by atoms with Crippen molar-refractivity contribution >= 4 is 12.1 Å². The zero-order valence-electron chi connectivity index (χ0n) is 13.2. The van der Waals surface area contributed by atoms with Gasteiger partial charge in [0.25, 0.3) is 0 Å². The van der Waals surface area contributed by atoms with Crippen LogP contribution in [0.3, 0.4) is 0 Å². The third-order valence-corrected chi connectivity index (χ3v) is 4.97. The number of carbonyl (C=O) groups excluding carboxylic acids is 1. The number of amides is 1. The normalized spacial score (nSPS) is 34.0. The summed E-state index contributed by atoms with van der Waals surface area (Å²) >= 11 is 0. The summed E-state index contributed by atoms with van der Waals surface area (Å²) < 4.78 is 5.24. The molecule has 0 bridgehead atoms. The Morgan fingerprint density at radius 2 is 2.10 bits per heavy atom. The van der Waals surface area contributed by atoms with Gasteiger partial charge in [-0.05, 0) is 44.9 Å². The van der Waals surface area contributed by atoms with E-state index in [2.05, 4.69) is 24.4 Å². The summed E-state index contributed by atoms with van der Waals surface area (Å²) in [4.78, 5) is 23.1. The second kappa shape index (κ2) is 5.04. The van der Waals surface area contributed by atoms with E-state index in [4.69, 9.17) is 4.74 Å². The van der Waals surface area contributed by atoms with Crippen molar-refractivity contribution in [2.24, 2.45) is 16.7 Å². The van der Waals surface area contributed by atoms with Crippen molar-refractivity contribution in [3.63, 3.8) is 0 Å². The van der Waals surface area contributed by atoms with Crippen molar-refractivity contribution in [1.29, 1.82) is 0 Å². The van der Waals surface area contributed by atoms with Gasteiger partial charge in [0.05, 0.1) is 6.42 Å². The largest absolute Gasteiger partial charge is 0.481 e. The summed E-state index contributed by atoms with van der Waals surface area (Å²) in [6.07, 6.45) is 5.67. The fraction of sp³-hybridized carbons (Fsp3) is 0.750. The minimum absolute atomic E-state index is 0.0696. The first-order valence-electron chi connectivity index (χ1n) is 7.44. The number of ether oxygens (including phenoxy) is 1. The van der Waals surface area contributed by atoms with Crippen LogP contribution in [0, 0.1) is 16.7 Å². The van der Waals surface area contributed by atoms with Gasteiger partial charge in [0.2, 0.25) is 0 Å². The standard InChI is InChI=1S/C16H25NO4/c1-14(2,3)21-13(20)17-10-16(9-12(18)19)8-11-6-5-7-15(11,16)4/h5,7,11H,6,8-10H2,1-4H3,(H,17,20)(H,18,19)/t11-,15-,16+/m0/s1. The Kier molecular flexibility index (Phi) is 3.80. The van der Waals surface area contributed by atoms with Gasteiger partial charge in [-0.3, -0.25) is 4.79 Å². The maximum atomic E-state index is 11.8. The summed E-state index contributed by atoms with van der Waals surface area (Å²) in [5.41, 5.74) is -1.10. The molecule has 0 aliphatic heterocycles. The van der Waals surface area contributed by atoms with Crippen molar-refractivity contribution in [2.45, 2.75) is 52.6 Å². The zero-order valence-corrected chi connectivity index (χ0v) is 13.2. The molecular formula is C16H25NO4. The fourth-order valence-electron chi connectivity index (χ4n) is 3.76. The van der Waals surface area contributed by atoms with Crippen LogP contribution in [-0.4, -0.2) is 29.3 Å². The third-order valence-electron chi connectivity index (χ3n) is 4.97. The van der Waals surface area contributed by atoms with Crippen molar-refractivity contribution < 1.29 is 19.4 Å². The van der Waals surface area contributed by atoms with E-state index in [9.17, 15) is 14.7 Å². The topological polar surface area (TPSA) is 75.6 Å². The summed E-state index contributed by atoms with van der Waals surface area (Å²) in [7, 11) is 0. The molecule has 1 amide bonds. The van der Waals surface area contributed by atoms with Crippen LogP contribution in [0.2, 0.25) is 0 Å². The highest BCUT2D eigenvalue weighted by Crippen LogP contribution is 2.66. The molecule has 0 aromatic heterocycles. The Hall–Kier alpha value is -1.52. The Morgan fingerprint density at radius 3 is 2.62 bits per heavy atom. The van der Waals surface area contributed by atoms with Gasteiger partial charge in [-0.25, -0.2) is 4.79 Å². The number of rotatable bonds is 4. The molecule has 0 spiro atoms. The quantitative estimate of drug-likeness (QED) is 0.782. The molecule has 0 aromatic rings. The summed E-state index contributed by atoms with van der Waals surface area (Å²) in [5.74, 6) is -0.321. The molecule has 1 saturated carbocycles. The first-order valence-corrected chi connectivity index (χ1v) is 7.44. The molecule has 2 N–H and O–H groups in total. The first-order chi connectivity index (χ1) is 9.58. The van der Waals surface area contributed by atoms with Gasteiger partial charge in [0, 0.05) is 12.0 Å². The second-order valence-corrected chi connectivity index (χ2v) is 7.53. The van der Waals surface area contributed by atoms with Crippen molar-refractivity contribution in [2.75, 3.05) is 6.54 Å². The number of alkyl carbamates (subject to hydrolysis) is 1. The Morgan fingerprint density at radius 1 is 1.43 bits per heavy atom. The molecule has 0 unspecified atom stereocenters. The summed E-state index contributed by atoms with van der Waals surface area (Å²) in [6, 6.07) is 0. The first kappa shape index (κ1) is 15.9. The number of allylic oxidation sites excluding steroid dienone is 2. The average Bonchev–Trinajstić information content (AvgIpc) is 2.60. The molecule has 118 valence electrons. The Balaban J connectivity index is 2.04. The second-order valence-electron chi connectivity index (χ2n) is 7.53. The van der Waals surface area contributed by atoms with E-state index in [-0.39, 0.29) is 11.8 Å². The van der Waals surface area contributed by atoms with Crippen LogP contribution in [0.1, 0.15) is 47.0 Å². The van der Waals surface area contributed by atoms with E-state index in [0.717, 1.165) is 12.8 Å². The number of nitrogens with one attached hydrogen (secondary N) is 1. The number of aliphatic carboxylic acids is 1. The lowest BCUT2D eigenvalue weighted by Crippen LogP contribution is -2.60. The summed E-state index contributed by atoms with van der Waals surface area (Å²) in [5, 5.41) is 12.0. The van der Waals surface area contributed by atoms with Crippen LogP contribution in [0.4, 0.5) is 4.79 Å². The smallest absolute Gasteiger partial charge is 0.407 e. The molecule has 0 saturated heterocycles. The monoisotopic (exact) mass is 295 g/mol. The van der Waals surface area contributed by atoms with Crippen LogP contribution in [-0.2, 0) is 9.53 Å². The van der Waals surface area contributed by atoms with Crippen LogP contribution in [0.5, 0.6) is 0 Å². The lowest BCUT2D eigenvalue weighted by Gasteiger charge is -2.60. The lowest BCUT2D eigenvalue weighted by molar-refractivity contribution is -0.152. The minimum Gasteiger partial charge on any atom is -0.481 e. The highest BCUT2D eigenvalue weighted by atomic mass is 16.6. The SMILES string of the molecule is CC(C)(C)OC(=O)NC[C@]1(CC(=O)O)C[C@@H]2CC=C[C@@]21C. The highest BCUT2D eigenvalue weighted by molar-refractivity contribution is 5.70. The predicted molar refractivity (Wildman–Crippen MR) is 78.9 cm³/mol. The van der Waals surface area contributed by atoms with Crippen LogP contribution in [0.15, 0.2) is 12.2 Å². The predicted octanol–water partition coefficient (Wildman–Crippen LogP) is 2.96. The minimum atomic E-state index is -0.819. The molecule has 0 radical (unpaired) electrons. The summed E-state index contributed by atoms with van der Waals surface area (Å²) in [6.45, 7) is 7.86. The molecule has 5 nitrogen and oxygen atoms in total. The molecule has 0 aromatic carbocycles. The zero-order chi connectivity index (χ0) is 15.9. The van der Waals surface area contributed by atoms with E-state index in [1.54, 1.807) is 20.8 Å². The van der Waals surface area contributed by atoms with Crippen LogP contribution in [0.25, 0.3) is 0 Å². The lowest BCUT2D eigenvalue weighted by atomic mass is 9.44. The van der Waals surface area contributed by atoms with Gasteiger partial charge in [0.15, 0.2) is 0 Å². The molecule has 2 rings (SSSR count). The van der Waals surface area contributed by atoms with Gasteiger partial charge in [-0.1, -0.05) is 19.1 Å². The van der Waals surface area contributed by atoms with Crippen molar-refractivity contribution in [3.05, 3.63) is 12.2 Å². The number of fused-ring (bicyclic) bond motifs is 1. The molecule has 2 aliphatic rings. The molecule has 2 aliphatic carbocycles.